The van der Waals surface area contributed by atoms with E-state index < -0.39 is 0 Å². The van der Waals surface area contributed by atoms with Crippen LogP contribution < -0.4 is 5.73 Å². The van der Waals surface area contributed by atoms with Crippen molar-refractivity contribution in [3.05, 3.63) is 0 Å². The number of nitrogens with zero attached hydrogens (tertiary/aromatic N) is 1. The number of ether oxygens (including phenoxy) is 1. The summed E-state index contributed by atoms with van der Waals surface area (Å²) in [5, 5.41) is 0. The van der Waals surface area contributed by atoms with E-state index in [1.54, 1.807) is 7.11 Å². The summed E-state index contributed by atoms with van der Waals surface area (Å²) >= 11 is 4.87. The predicted molar refractivity (Wildman–Crippen MR) is 59.9 cm³/mol. The fraction of sp³-hybridized carbons (Fsp3) is 0.889. The van der Waals surface area contributed by atoms with Crippen LogP contribution in [-0.2, 0) is 4.74 Å². The smallest absolute Gasteiger partial charge is 0.0870 e. The maximum absolute atomic E-state index is 5.49. The minimum absolute atomic E-state index is 0.553. The number of thiocarbonyl (C=S) groups is 1. The van der Waals surface area contributed by atoms with E-state index in [-0.39, 0.29) is 0 Å². The molecular weight excluding hydrogens is 184 g/mol. The van der Waals surface area contributed by atoms with Gasteiger partial charge in [-0.05, 0) is 5.92 Å². The standard InChI is InChI=1S/C9H20N2OS/c1-8(2)6-11(4-5-12-3)7-9(10)13/h8H,4-7H2,1-3H3,(H2,10,13). The Balaban J connectivity index is 3.80. The van der Waals surface area contributed by atoms with Gasteiger partial charge in [-0.3, -0.25) is 4.90 Å². The average molecular weight is 204 g/mol. The Morgan fingerprint density at radius 2 is 2.15 bits per heavy atom. The van der Waals surface area contributed by atoms with E-state index in [1.165, 1.54) is 0 Å². The first-order valence-electron chi connectivity index (χ1n) is 4.55. The second-order valence-corrected chi connectivity index (χ2v) is 4.11. The Morgan fingerprint density at radius 3 is 2.54 bits per heavy atom. The summed E-state index contributed by atoms with van der Waals surface area (Å²) < 4.78 is 5.01. The van der Waals surface area contributed by atoms with Gasteiger partial charge < -0.3 is 10.5 Å². The molecule has 0 aliphatic carbocycles. The van der Waals surface area contributed by atoms with Gasteiger partial charge in [0.05, 0.1) is 11.6 Å². The van der Waals surface area contributed by atoms with Gasteiger partial charge in [-0.2, -0.15) is 0 Å². The predicted octanol–water partition coefficient (Wildman–Crippen LogP) is 0.877. The van der Waals surface area contributed by atoms with E-state index in [0.29, 0.717) is 17.5 Å². The van der Waals surface area contributed by atoms with Gasteiger partial charge in [-0.25, -0.2) is 0 Å². The van der Waals surface area contributed by atoms with Gasteiger partial charge in [-0.15, -0.1) is 0 Å². The van der Waals surface area contributed by atoms with Gasteiger partial charge in [-0.1, -0.05) is 26.1 Å². The van der Waals surface area contributed by atoms with Crippen molar-refractivity contribution in [3.8, 4) is 0 Å². The Labute approximate surface area is 86.2 Å². The molecule has 0 aromatic heterocycles. The summed E-state index contributed by atoms with van der Waals surface area (Å²) in [7, 11) is 1.70. The van der Waals surface area contributed by atoms with Gasteiger partial charge in [0.2, 0.25) is 0 Å². The molecule has 13 heavy (non-hydrogen) atoms. The van der Waals surface area contributed by atoms with Crippen LogP contribution in [0.25, 0.3) is 0 Å². The highest BCUT2D eigenvalue weighted by Crippen LogP contribution is 1.98. The van der Waals surface area contributed by atoms with Gasteiger partial charge in [0, 0.05) is 26.7 Å². The number of rotatable bonds is 7. The first-order valence-corrected chi connectivity index (χ1v) is 4.96. The lowest BCUT2D eigenvalue weighted by Gasteiger charge is -2.22. The number of nitrogens with two attached hydrogens (primary N) is 1. The van der Waals surface area contributed by atoms with Crippen LogP contribution in [0.2, 0.25) is 0 Å². The van der Waals surface area contributed by atoms with Crippen molar-refractivity contribution in [2.45, 2.75) is 13.8 Å². The molecule has 0 aliphatic rings. The Hall–Kier alpha value is -0.190. The Bertz CT molecular complexity index is 151. The molecule has 0 fully saturated rings. The third kappa shape index (κ3) is 8.15. The Kier molecular flexibility index (Phi) is 7.13. The third-order valence-corrected chi connectivity index (χ3v) is 1.74. The Morgan fingerprint density at radius 1 is 1.54 bits per heavy atom. The van der Waals surface area contributed by atoms with E-state index in [9.17, 15) is 0 Å². The molecule has 0 saturated carbocycles. The summed E-state index contributed by atoms with van der Waals surface area (Å²) in [4.78, 5) is 2.77. The average Bonchev–Trinajstić information content (AvgIpc) is 1.98. The van der Waals surface area contributed by atoms with Crippen molar-refractivity contribution in [2.75, 3.05) is 33.4 Å². The van der Waals surface area contributed by atoms with Crippen LogP contribution in [0.4, 0.5) is 0 Å². The van der Waals surface area contributed by atoms with E-state index in [2.05, 4.69) is 18.7 Å². The van der Waals surface area contributed by atoms with Gasteiger partial charge in [0.1, 0.15) is 0 Å². The topological polar surface area (TPSA) is 38.5 Å². The molecule has 0 aromatic rings. The molecule has 0 saturated heterocycles. The molecule has 0 radical (unpaired) electrons. The SMILES string of the molecule is COCCN(CC(N)=S)CC(C)C. The molecule has 0 spiro atoms. The molecule has 78 valence electrons. The fourth-order valence-electron chi connectivity index (χ4n) is 1.19. The monoisotopic (exact) mass is 204 g/mol. The summed E-state index contributed by atoms with van der Waals surface area (Å²) in [5.74, 6) is 0.631. The zero-order valence-electron chi connectivity index (χ0n) is 8.75. The van der Waals surface area contributed by atoms with Gasteiger partial charge in [0.15, 0.2) is 0 Å². The van der Waals surface area contributed by atoms with Crippen LogP contribution in [0.1, 0.15) is 13.8 Å². The van der Waals surface area contributed by atoms with Crippen LogP contribution in [0.3, 0.4) is 0 Å². The first-order chi connectivity index (χ1) is 6.06. The van der Waals surface area contributed by atoms with E-state index >= 15 is 0 Å². The van der Waals surface area contributed by atoms with Crippen molar-refractivity contribution in [1.29, 1.82) is 0 Å². The van der Waals surface area contributed by atoms with Crippen molar-refractivity contribution in [1.82, 2.24) is 4.90 Å². The summed E-state index contributed by atoms with van der Waals surface area (Å²) in [6.45, 7) is 7.69. The number of hydrogen-bond acceptors (Lipinski definition) is 3. The molecule has 0 bridgehead atoms. The zero-order valence-corrected chi connectivity index (χ0v) is 9.56. The van der Waals surface area contributed by atoms with Crippen molar-refractivity contribution >= 4 is 17.2 Å². The minimum Gasteiger partial charge on any atom is -0.392 e. The van der Waals surface area contributed by atoms with Crippen LogP contribution in [-0.4, -0.2) is 43.2 Å². The fourth-order valence-corrected chi connectivity index (χ4v) is 1.37. The second kappa shape index (κ2) is 7.24. The molecular formula is C9H20N2OS. The second-order valence-electron chi connectivity index (χ2n) is 3.59. The maximum atomic E-state index is 5.49. The van der Waals surface area contributed by atoms with Gasteiger partial charge >= 0.3 is 0 Å². The molecule has 3 nitrogen and oxygen atoms in total. The molecule has 0 heterocycles. The van der Waals surface area contributed by atoms with Gasteiger partial charge in [0.25, 0.3) is 0 Å². The lowest BCUT2D eigenvalue weighted by molar-refractivity contribution is 0.150. The normalized spacial score (nSPS) is 11.2. The van der Waals surface area contributed by atoms with Crippen LogP contribution in [0.15, 0.2) is 0 Å². The van der Waals surface area contributed by atoms with Crippen molar-refractivity contribution < 1.29 is 4.74 Å². The third-order valence-electron chi connectivity index (χ3n) is 1.61. The first kappa shape index (κ1) is 12.8. The molecule has 0 unspecified atom stereocenters. The number of hydrogen-bond donors (Lipinski definition) is 1. The minimum atomic E-state index is 0.553. The quantitative estimate of drug-likeness (QED) is 0.625. The molecule has 0 aliphatic heterocycles. The lowest BCUT2D eigenvalue weighted by atomic mass is 10.2. The highest BCUT2D eigenvalue weighted by Gasteiger charge is 2.07. The highest BCUT2D eigenvalue weighted by molar-refractivity contribution is 7.80. The summed E-state index contributed by atoms with van der Waals surface area (Å²) in [6.07, 6.45) is 0. The summed E-state index contributed by atoms with van der Waals surface area (Å²) in [5.41, 5.74) is 5.49. The highest BCUT2D eigenvalue weighted by atomic mass is 32.1. The maximum Gasteiger partial charge on any atom is 0.0870 e. The zero-order chi connectivity index (χ0) is 10.3. The summed E-state index contributed by atoms with van der Waals surface area (Å²) in [6, 6.07) is 0. The lowest BCUT2D eigenvalue weighted by Crippen LogP contribution is -2.37. The molecule has 2 N–H and O–H groups in total. The molecule has 4 heteroatoms. The van der Waals surface area contributed by atoms with Crippen LogP contribution in [0.5, 0.6) is 0 Å². The van der Waals surface area contributed by atoms with E-state index in [0.717, 1.165) is 19.7 Å². The molecule has 0 aromatic carbocycles. The van der Waals surface area contributed by atoms with Crippen LogP contribution in [0, 0.1) is 5.92 Å². The molecule has 0 rings (SSSR count). The molecule has 0 atom stereocenters. The largest absolute Gasteiger partial charge is 0.392 e. The van der Waals surface area contributed by atoms with E-state index in [1.807, 2.05) is 0 Å². The molecule has 0 amide bonds. The van der Waals surface area contributed by atoms with E-state index in [4.69, 9.17) is 22.7 Å². The van der Waals surface area contributed by atoms with Crippen LogP contribution >= 0.6 is 12.2 Å². The number of methoxy groups -OCH3 is 1. The van der Waals surface area contributed by atoms with Crippen molar-refractivity contribution in [3.63, 3.8) is 0 Å². The van der Waals surface area contributed by atoms with Crippen molar-refractivity contribution in [2.24, 2.45) is 11.7 Å².